The third kappa shape index (κ3) is 2.63. The monoisotopic (exact) mass is 243 g/mol. The summed E-state index contributed by atoms with van der Waals surface area (Å²) in [6.07, 6.45) is -0.878. The summed E-state index contributed by atoms with van der Waals surface area (Å²) in [6.45, 7) is 3.33. The summed E-state index contributed by atoms with van der Waals surface area (Å²) in [5.74, 6) is 0. The Bertz CT molecular complexity index is 410. The SMILES string of the molecule is CC(C)(C#N)C(O)c1ccc(Cl)c(Cl)c1. The van der Waals surface area contributed by atoms with Crippen LogP contribution in [0.4, 0.5) is 0 Å². The summed E-state index contributed by atoms with van der Waals surface area (Å²) in [7, 11) is 0. The molecule has 0 aromatic heterocycles. The van der Waals surface area contributed by atoms with E-state index in [1.54, 1.807) is 32.0 Å². The highest BCUT2D eigenvalue weighted by molar-refractivity contribution is 6.42. The molecule has 0 bridgehead atoms. The van der Waals surface area contributed by atoms with Crippen LogP contribution in [0.1, 0.15) is 25.5 Å². The van der Waals surface area contributed by atoms with Crippen molar-refractivity contribution in [3.8, 4) is 6.07 Å². The molecule has 1 N–H and O–H groups in total. The summed E-state index contributed by atoms with van der Waals surface area (Å²) in [4.78, 5) is 0. The van der Waals surface area contributed by atoms with Gasteiger partial charge in [0.1, 0.15) is 0 Å². The summed E-state index contributed by atoms with van der Waals surface area (Å²) in [5.41, 5.74) is -0.257. The van der Waals surface area contributed by atoms with Crippen LogP contribution in [0.25, 0.3) is 0 Å². The van der Waals surface area contributed by atoms with Crippen LogP contribution in [0.15, 0.2) is 18.2 Å². The fourth-order valence-electron chi connectivity index (χ4n) is 1.16. The maximum absolute atomic E-state index is 9.94. The maximum Gasteiger partial charge on any atom is 0.0971 e. The Balaban J connectivity index is 3.08. The molecule has 0 spiro atoms. The highest BCUT2D eigenvalue weighted by atomic mass is 35.5. The third-order valence-corrected chi connectivity index (χ3v) is 2.97. The van der Waals surface area contributed by atoms with Crippen molar-refractivity contribution in [3.63, 3.8) is 0 Å². The second-order valence-electron chi connectivity index (χ2n) is 3.91. The van der Waals surface area contributed by atoms with Gasteiger partial charge in [0.05, 0.1) is 27.6 Å². The molecule has 0 saturated heterocycles. The van der Waals surface area contributed by atoms with Gasteiger partial charge in [-0.2, -0.15) is 5.26 Å². The van der Waals surface area contributed by atoms with E-state index in [-0.39, 0.29) is 0 Å². The number of aliphatic hydroxyl groups excluding tert-OH is 1. The van der Waals surface area contributed by atoms with Crippen LogP contribution in [-0.4, -0.2) is 5.11 Å². The first-order valence-corrected chi connectivity index (χ1v) is 5.18. The molecule has 0 fully saturated rings. The third-order valence-electron chi connectivity index (χ3n) is 2.23. The quantitative estimate of drug-likeness (QED) is 0.864. The van der Waals surface area contributed by atoms with Gasteiger partial charge in [0.2, 0.25) is 0 Å². The minimum atomic E-state index is -0.878. The van der Waals surface area contributed by atoms with Crippen molar-refractivity contribution in [2.24, 2.45) is 5.41 Å². The molecule has 0 aliphatic rings. The minimum absolute atomic E-state index is 0.377. The Labute approximate surface area is 99.0 Å². The average Bonchev–Trinajstić information content (AvgIpc) is 2.21. The number of nitriles is 1. The van der Waals surface area contributed by atoms with Crippen molar-refractivity contribution in [2.45, 2.75) is 20.0 Å². The molecule has 0 aliphatic heterocycles. The van der Waals surface area contributed by atoms with E-state index in [0.29, 0.717) is 15.6 Å². The highest BCUT2D eigenvalue weighted by Gasteiger charge is 2.29. The fourth-order valence-corrected chi connectivity index (χ4v) is 1.47. The molecule has 1 unspecified atom stereocenters. The Morgan fingerprint density at radius 1 is 1.33 bits per heavy atom. The maximum atomic E-state index is 9.94. The van der Waals surface area contributed by atoms with Gasteiger partial charge in [0.15, 0.2) is 0 Å². The predicted molar refractivity (Wildman–Crippen MR) is 60.8 cm³/mol. The van der Waals surface area contributed by atoms with Crippen molar-refractivity contribution in [1.29, 1.82) is 5.26 Å². The van der Waals surface area contributed by atoms with E-state index >= 15 is 0 Å². The largest absolute Gasteiger partial charge is 0.387 e. The lowest BCUT2D eigenvalue weighted by atomic mass is 9.84. The van der Waals surface area contributed by atoms with Crippen molar-refractivity contribution >= 4 is 23.2 Å². The lowest BCUT2D eigenvalue weighted by molar-refractivity contribution is 0.0868. The number of benzene rings is 1. The van der Waals surface area contributed by atoms with Gasteiger partial charge < -0.3 is 5.11 Å². The number of halogens is 2. The van der Waals surface area contributed by atoms with Crippen LogP contribution >= 0.6 is 23.2 Å². The van der Waals surface area contributed by atoms with Gasteiger partial charge in [-0.25, -0.2) is 0 Å². The molecule has 0 heterocycles. The Kier molecular flexibility index (Phi) is 3.62. The Morgan fingerprint density at radius 3 is 2.40 bits per heavy atom. The summed E-state index contributed by atoms with van der Waals surface area (Å²) in [6, 6.07) is 6.90. The first-order valence-electron chi connectivity index (χ1n) is 4.43. The van der Waals surface area contributed by atoms with E-state index in [2.05, 4.69) is 0 Å². The first kappa shape index (κ1) is 12.3. The number of hydrogen-bond donors (Lipinski definition) is 1. The standard InChI is InChI=1S/C11H11Cl2NO/c1-11(2,6-14)10(15)7-3-4-8(12)9(13)5-7/h3-5,10,15H,1-2H3. The van der Waals surface area contributed by atoms with E-state index in [0.717, 1.165) is 0 Å². The van der Waals surface area contributed by atoms with Gasteiger partial charge in [0, 0.05) is 0 Å². The molecule has 0 saturated carbocycles. The molecule has 15 heavy (non-hydrogen) atoms. The second-order valence-corrected chi connectivity index (χ2v) is 4.72. The topological polar surface area (TPSA) is 44.0 Å². The molecule has 1 aromatic carbocycles. The zero-order valence-electron chi connectivity index (χ0n) is 8.46. The number of rotatable bonds is 2. The Hall–Kier alpha value is -0.750. The zero-order chi connectivity index (χ0) is 11.6. The van der Waals surface area contributed by atoms with Crippen LogP contribution < -0.4 is 0 Å². The average molecular weight is 244 g/mol. The Morgan fingerprint density at radius 2 is 1.93 bits per heavy atom. The van der Waals surface area contributed by atoms with Gasteiger partial charge in [0.25, 0.3) is 0 Å². The van der Waals surface area contributed by atoms with Crippen molar-refractivity contribution in [2.75, 3.05) is 0 Å². The van der Waals surface area contributed by atoms with Crippen LogP contribution in [-0.2, 0) is 0 Å². The molecular formula is C11H11Cl2NO. The number of nitrogens with zero attached hydrogens (tertiary/aromatic N) is 1. The zero-order valence-corrected chi connectivity index (χ0v) is 9.97. The van der Waals surface area contributed by atoms with E-state index < -0.39 is 11.5 Å². The minimum Gasteiger partial charge on any atom is -0.387 e. The van der Waals surface area contributed by atoms with Gasteiger partial charge in [-0.15, -0.1) is 0 Å². The molecule has 1 atom stereocenters. The molecule has 80 valence electrons. The van der Waals surface area contributed by atoms with Gasteiger partial charge in [-0.1, -0.05) is 29.3 Å². The summed E-state index contributed by atoms with van der Waals surface area (Å²) < 4.78 is 0. The molecule has 4 heteroatoms. The number of aliphatic hydroxyl groups is 1. The number of hydrogen-bond acceptors (Lipinski definition) is 2. The molecule has 1 aromatic rings. The fraction of sp³-hybridized carbons (Fsp3) is 0.364. The van der Waals surface area contributed by atoms with E-state index in [1.807, 2.05) is 6.07 Å². The van der Waals surface area contributed by atoms with Crippen LogP contribution in [0.3, 0.4) is 0 Å². The van der Waals surface area contributed by atoms with Gasteiger partial charge >= 0.3 is 0 Å². The van der Waals surface area contributed by atoms with Crippen LogP contribution in [0, 0.1) is 16.7 Å². The van der Waals surface area contributed by atoms with Gasteiger partial charge in [-0.05, 0) is 31.5 Å². The molecule has 1 rings (SSSR count). The van der Waals surface area contributed by atoms with Crippen LogP contribution in [0.5, 0.6) is 0 Å². The lowest BCUT2D eigenvalue weighted by Gasteiger charge is -2.23. The van der Waals surface area contributed by atoms with E-state index in [1.165, 1.54) is 0 Å². The predicted octanol–water partition coefficient (Wildman–Crippen LogP) is 3.58. The molecule has 0 radical (unpaired) electrons. The highest BCUT2D eigenvalue weighted by Crippen LogP contribution is 2.35. The van der Waals surface area contributed by atoms with Crippen LogP contribution in [0.2, 0.25) is 10.0 Å². The van der Waals surface area contributed by atoms with Gasteiger partial charge in [-0.3, -0.25) is 0 Å². The lowest BCUT2D eigenvalue weighted by Crippen LogP contribution is -2.19. The molecule has 0 amide bonds. The summed E-state index contributed by atoms with van der Waals surface area (Å²) >= 11 is 11.6. The summed E-state index contributed by atoms with van der Waals surface area (Å²) in [5, 5.41) is 19.6. The van der Waals surface area contributed by atoms with Crippen molar-refractivity contribution < 1.29 is 5.11 Å². The molecule has 2 nitrogen and oxygen atoms in total. The first-order chi connectivity index (χ1) is 6.88. The second kappa shape index (κ2) is 4.40. The van der Waals surface area contributed by atoms with E-state index in [4.69, 9.17) is 28.5 Å². The smallest absolute Gasteiger partial charge is 0.0971 e. The molecular weight excluding hydrogens is 233 g/mol. The normalized spacial score (nSPS) is 13.3. The van der Waals surface area contributed by atoms with E-state index in [9.17, 15) is 5.11 Å². The van der Waals surface area contributed by atoms with Crippen molar-refractivity contribution in [3.05, 3.63) is 33.8 Å². The van der Waals surface area contributed by atoms with Crippen molar-refractivity contribution in [1.82, 2.24) is 0 Å². The molecule has 0 aliphatic carbocycles.